The van der Waals surface area contributed by atoms with Crippen LogP contribution in [-0.2, 0) is 0 Å². The van der Waals surface area contributed by atoms with Crippen molar-refractivity contribution in [2.24, 2.45) is 17.3 Å². The second-order valence-electron chi connectivity index (χ2n) is 5.74. The molecule has 1 heteroatoms. The summed E-state index contributed by atoms with van der Waals surface area (Å²) in [6.45, 7) is 9.07. The van der Waals surface area contributed by atoms with Crippen molar-refractivity contribution in [1.82, 2.24) is 0 Å². The van der Waals surface area contributed by atoms with Crippen molar-refractivity contribution in [2.45, 2.75) is 59.5 Å². The van der Waals surface area contributed by atoms with Crippen molar-refractivity contribution in [3.05, 3.63) is 12.2 Å². The first-order chi connectivity index (χ1) is 6.97. The summed E-state index contributed by atoms with van der Waals surface area (Å²) in [7, 11) is 0. The number of hydrogen-bond donors (Lipinski definition) is 1. The fraction of sp³-hybridized carbons (Fsp3) is 0.857. The van der Waals surface area contributed by atoms with E-state index in [4.69, 9.17) is 0 Å². The molecule has 0 aromatic rings. The molecule has 1 fully saturated rings. The van der Waals surface area contributed by atoms with Crippen LogP contribution in [0.25, 0.3) is 0 Å². The largest absolute Gasteiger partial charge is 0.389 e. The predicted octanol–water partition coefficient (Wildman–Crippen LogP) is 3.78. The molecule has 1 rings (SSSR count). The average Bonchev–Trinajstić information content (AvgIpc) is 2.15. The van der Waals surface area contributed by atoms with E-state index in [9.17, 15) is 5.11 Å². The zero-order valence-corrected chi connectivity index (χ0v) is 10.7. The van der Waals surface area contributed by atoms with E-state index in [-0.39, 0.29) is 6.10 Å². The minimum Gasteiger partial charge on any atom is -0.389 e. The number of rotatable bonds is 3. The molecule has 0 bridgehead atoms. The minimum atomic E-state index is -0.255. The van der Waals surface area contributed by atoms with Gasteiger partial charge in [-0.15, -0.1) is 0 Å². The Bertz CT molecular complexity index is 217. The fourth-order valence-corrected chi connectivity index (χ4v) is 2.83. The second-order valence-corrected chi connectivity index (χ2v) is 5.74. The third kappa shape index (κ3) is 3.34. The summed E-state index contributed by atoms with van der Waals surface area (Å²) in [4.78, 5) is 0. The molecule has 3 atom stereocenters. The van der Waals surface area contributed by atoms with Gasteiger partial charge in [0.25, 0.3) is 0 Å². The van der Waals surface area contributed by atoms with E-state index in [0.717, 1.165) is 12.3 Å². The van der Waals surface area contributed by atoms with Gasteiger partial charge < -0.3 is 5.11 Å². The van der Waals surface area contributed by atoms with Crippen LogP contribution in [0.15, 0.2) is 12.2 Å². The van der Waals surface area contributed by atoms with Gasteiger partial charge in [-0.1, -0.05) is 52.7 Å². The Morgan fingerprint density at radius 3 is 2.67 bits per heavy atom. The monoisotopic (exact) mass is 210 g/mol. The zero-order chi connectivity index (χ0) is 11.5. The fourth-order valence-electron chi connectivity index (χ4n) is 2.83. The van der Waals surface area contributed by atoms with Gasteiger partial charge in [-0.25, -0.2) is 0 Å². The molecule has 1 aliphatic carbocycles. The standard InChI is InChI=1S/C14H26O/c1-5-12(15)8-9-13-11(2)7-6-10-14(13,3)4/h8-9,11-13,15H,5-7,10H2,1-4H3. The van der Waals surface area contributed by atoms with E-state index in [2.05, 4.69) is 26.8 Å². The van der Waals surface area contributed by atoms with Crippen molar-refractivity contribution < 1.29 is 5.11 Å². The van der Waals surface area contributed by atoms with Crippen molar-refractivity contribution >= 4 is 0 Å². The molecule has 0 aliphatic heterocycles. The van der Waals surface area contributed by atoms with E-state index < -0.39 is 0 Å². The van der Waals surface area contributed by atoms with Crippen LogP contribution in [0.2, 0.25) is 0 Å². The van der Waals surface area contributed by atoms with Crippen LogP contribution < -0.4 is 0 Å². The van der Waals surface area contributed by atoms with Crippen molar-refractivity contribution in [2.75, 3.05) is 0 Å². The summed E-state index contributed by atoms with van der Waals surface area (Å²) in [6.07, 6.45) is 8.82. The number of aliphatic hydroxyl groups is 1. The highest BCUT2D eigenvalue weighted by Gasteiger charge is 2.34. The third-order valence-corrected chi connectivity index (χ3v) is 3.95. The summed E-state index contributed by atoms with van der Waals surface area (Å²) in [5, 5.41) is 9.56. The first-order valence-corrected chi connectivity index (χ1v) is 6.33. The van der Waals surface area contributed by atoms with E-state index in [1.165, 1.54) is 19.3 Å². The average molecular weight is 210 g/mol. The van der Waals surface area contributed by atoms with E-state index in [1.54, 1.807) is 0 Å². The highest BCUT2D eigenvalue weighted by molar-refractivity contribution is 5.01. The number of hydrogen-bond acceptors (Lipinski definition) is 1. The quantitative estimate of drug-likeness (QED) is 0.703. The summed E-state index contributed by atoms with van der Waals surface area (Å²) in [5.41, 5.74) is 0.404. The van der Waals surface area contributed by atoms with Crippen LogP contribution in [0.4, 0.5) is 0 Å². The van der Waals surface area contributed by atoms with Crippen LogP contribution in [-0.4, -0.2) is 11.2 Å². The molecule has 0 amide bonds. The van der Waals surface area contributed by atoms with Gasteiger partial charge in [0.1, 0.15) is 0 Å². The molecule has 0 aromatic carbocycles. The van der Waals surface area contributed by atoms with E-state index >= 15 is 0 Å². The van der Waals surface area contributed by atoms with E-state index in [1.807, 2.05) is 13.0 Å². The Morgan fingerprint density at radius 2 is 2.13 bits per heavy atom. The van der Waals surface area contributed by atoms with Gasteiger partial charge in [-0.05, 0) is 30.1 Å². The molecule has 1 N–H and O–H groups in total. The molecule has 1 saturated carbocycles. The van der Waals surface area contributed by atoms with Crippen LogP contribution in [0, 0.1) is 17.3 Å². The maximum absolute atomic E-state index is 9.56. The van der Waals surface area contributed by atoms with Gasteiger partial charge in [0.15, 0.2) is 0 Å². The molecular weight excluding hydrogens is 184 g/mol. The van der Waals surface area contributed by atoms with Gasteiger partial charge in [0.2, 0.25) is 0 Å². The molecule has 0 spiro atoms. The van der Waals surface area contributed by atoms with Gasteiger partial charge in [-0.2, -0.15) is 0 Å². The smallest absolute Gasteiger partial charge is 0.0718 e. The highest BCUT2D eigenvalue weighted by atomic mass is 16.3. The maximum atomic E-state index is 9.56. The molecule has 0 heterocycles. The molecule has 0 radical (unpaired) electrons. The Hall–Kier alpha value is -0.300. The predicted molar refractivity (Wildman–Crippen MR) is 65.7 cm³/mol. The molecule has 1 nitrogen and oxygen atoms in total. The summed E-state index contributed by atoms with van der Waals surface area (Å²) in [6, 6.07) is 0. The van der Waals surface area contributed by atoms with Gasteiger partial charge >= 0.3 is 0 Å². The van der Waals surface area contributed by atoms with Gasteiger partial charge in [0, 0.05) is 0 Å². The number of allylic oxidation sites excluding steroid dienone is 1. The lowest BCUT2D eigenvalue weighted by molar-refractivity contribution is 0.121. The van der Waals surface area contributed by atoms with Crippen LogP contribution in [0.5, 0.6) is 0 Å². The maximum Gasteiger partial charge on any atom is 0.0718 e. The Labute approximate surface area is 94.6 Å². The van der Waals surface area contributed by atoms with Crippen molar-refractivity contribution in [3.63, 3.8) is 0 Å². The lowest BCUT2D eigenvalue weighted by atomic mass is 9.64. The lowest BCUT2D eigenvalue weighted by Crippen LogP contribution is -2.32. The van der Waals surface area contributed by atoms with Gasteiger partial charge in [0.05, 0.1) is 6.10 Å². The summed E-state index contributed by atoms with van der Waals surface area (Å²) < 4.78 is 0. The Balaban J connectivity index is 2.67. The first kappa shape index (κ1) is 12.8. The molecule has 0 saturated heterocycles. The zero-order valence-electron chi connectivity index (χ0n) is 10.7. The highest BCUT2D eigenvalue weighted by Crippen LogP contribution is 2.44. The second kappa shape index (κ2) is 5.16. The molecule has 3 unspecified atom stereocenters. The normalized spacial score (nSPS) is 33.1. The van der Waals surface area contributed by atoms with Crippen LogP contribution >= 0.6 is 0 Å². The SMILES string of the molecule is CCC(O)C=CC1C(C)CCCC1(C)C. The topological polar surface area (TPSA) is 20.2 Å². The molecule has 15 heavy (non-hydrogen) atoms. The molecule has 88 valence electrons. The van der Waals surface area contributed by atoms with E-state index in [0.29, 0.717) is 11.3 Å². The van der Waals surface area contributed by atoms with Crippen LogP contribution in [0.3, 0.4) is 0 Å². The third-order valence-electron chi connectivity index (χ3n) is 3.95. The Morgan fingerprint density at radius 1 is 1.47 bits per heavy atom. The molecule has 1 aliphatic rings. The summed E-state index contributed by atoms with van der Waals surface area (Å²) >= 11 is 0. The summed E-state index contributed by atoms with van der Waals surface area (Å²) in [5.74, 6) is 1.39. The van der Waals surface area contributed by atoms with Gasteiger partial charge in [-0.3, -0.25) is 0 Å². The lowest BCUT2D eigenvalue weighted by Gasteiger charge is -2.41. The van der Waals surface area contributed by atoms with Crippen molar-refractivity contribution in [1.29, 1.82) is 0 Å². The van der Waals surface area contributed by atoms with Crippen LogP contribution in [0.1, 0.15) is 53.4 Å². The molecule has 0 aromatic heterocycles. The first-order valence-electron chi connectivity index (χ1n) is 6.33. The number of aliphatic hydroxyl groups excluding tert-OH is 1. The van der Waals surface area contributed by atoms with Crippen molar-refractivity contribution in [3.8, 4) is 0 Å². The minimum absolute atomic E-state index is 0.255. The Kier molecular flexibility index (Phi) is 4.39. The molecular formula is C14H26O.